The first-order chi connectivity index (χ1) is 23.0. The molecule has 0 fully saturated rings. The van der Waals surface area contributed by atoms with E-state index >= 15 is 0 Å². The number of carbonyl (C=O) groups excluding carboxylic acids is 2. The van der Waals surface area contributed by atoms with E-state index in [-0.39, 0.29) is 11.5 Å². The van der Waals surface area contributed by atoms with Crippen molar-refractivity contribution in [2.45, 2.75) is 165 Å². The van der Waals surface area contributed by atoms with E-state index < -0.39 is 11.9 Å². The largest absolute Gasteiger partial charge is 0.507 e. The van der Waals surface area contributed by atoms with Crippen LogP contribution in [0.25, 0.3) is 0 Å². The van der Waals surface area contributed by atoms with Crippen molar-refractivity contribution in [2.75, 3.05) is 13.2 Å². The van der Waals surface area contributed by atoms with Crippen molar-refractivity contribution >= 4 is 23.7 Å². The lowest BCUT2D eigenvalue weighted by atomic mass is 10.1. The highest BCUT2D eigenvalue weighted by Gasteiger charge is 2.16. The molecule has 0 heterocycles. The molecule has 6 nitrogen and oxygen atoms in total. The van der Waals surface area contributed by atoms with Crippen molar-refractivity contribution in [3.63, 3.8) is 0 Å². The number of hydrogen-bond donors (Lipinski definition) is 2. The summed E-state index contributed by atoms with van der Waals surface area (Å²) < 4.78 is 11.0. The van der Waals surface area contributed by atoms with Gasteiger partial charge in [0.05, 0.1) is 34.1 Å². The predicted octanol–water partition coefficient (Wildman–Crippen LogP) is 12.2. The van der Waals surface area contributed by atoms with Gasteiger partial charge in [-0.25, -0.2) is 9.59 Å². The van der Waals surface area contributed by atoms with E-state index in [1.165, 1.54) is 127 Å². The Morgan fingerprint density at radius 1 is 0.489 bits per heavy atom. The molecule has 0 radical (unpaired) electrons. The highest BCUT2D eigenvalue weighted by molar-refractivity contribution is 7.99. The van der Waals surface area contributed by atoms with Crippen LogP contribution < -0.4 is 0 Å². The second-order valence-corrected chi connectivity index (χ2v) is 13.9. The Bertz CT molecular complexity index is 1050. The van der Waals surface area contributed by atoms with Gasteiger partial charge in [0.1, 0.15) is 11.5 Å². The Balaban J connectivity index is 1.70. The minimum Gasteiger partial charge on any atom is -0.507 e. The van der Waals surface area contributed by atoms with Crippen molar-refractivity contribution < 1.29 is 29.3 Å². The van der Waals surface area contributed by atoms with Crippen LogP contribution in [0.5, 0.6) is 11.5 Å². The topological polar surface area (TPSA) is 93.1 Å². The molecule has 7 heteroatoms. The van der Waals surface area contributed by atoms with E-state index in [9.17, 15) is 19.8 Å². The van der Waals surface area contributed by atoms with Gasteiger partial charge in [0, 0.05) is 0 Å². The number of aromatic hydroxyl groups is 2. The lowest BCUT2D eigenvalue weighted by molar-refractivity contribution is 0.0488. The van der Waals surface area contributed by atoms with Gasteiger partial charge in [0.25, 0.3) is 0 Å². The van der Waals surface area contributed by atoms with Crippen LogP contribution in [-0.2, 0) is 9.47 Å². The van der Waals surface area contributed by atoms with Crippen LogP contribution in [0.2, 0.25) is 0 Å². The highest BCUT2D eigenvalue weighted by Crippen LogP contribution is 2.40. The first kappa shape index (κ1) is 40.5. The van der Waals surface area contributed by atoms with Crippen molar-refractivity contribution in [1.82, 2.24) is 0 Å². The molecule has 0 spiro atoms. The number of carbonyl (C=O) groups is 2. The molecule has 2 N–H and O–H groups in total. The fraction of sp³-hybridized carbons (Fsp3) is 0.650. The SMILES string of the molecule is CCCCCCCCCCCCCOC(=O)c1ccc(O)c(Sc2cc(C(=O)OCCCCCCCCCCCCC)ccc2O)c1. The molecule has 0 aliphatic heterocycles. The average molecular weight is 671 g/mol. The lowest BCUT2D eigenvalue weighted by Crippen LogP contribution is -2.07. The maximum absolute atomic E-state index is 12.7. The summed E-state index contributed by atoms with van der Waals surface area (Å²) in [5.74, 6) is -0.938. The Morgan fingerprint density at radius 3 is 1.11 bits per heavy atom. The molecule has 0 unspecified atom stereocenters. The number of unbranched alkanes of at least 4 members (excludes halogenated alkanes) is 20. The molecular weight excluding hydrogens is 609 g/mol. The van der Waals surface area contributed by atoms with Gasteiger partial charge >= 0.3 is 11.9 Å². The average Bonchev–Trinajstić information content (AvgIpc) is 3.07. The number of phenols is 2. The number of phenolic OH excluding ortho intramolecular Hbond substituents is 2. The molecule has 0 atom stereocenters. The summed E-state index contributed by atoms with van der Waals surface area (Å²) in [6, 6.07) is 9.07. The lowest BCUT2D eigenvalue weighted by Gasteiger charge is -2.11. The third kappa shape index (κ3) is 18.5. The summed E-state index contributed by atoms with van der Waals surface area (Å²) in [7, 11) is 0. The number of rotatable bonds is 28. The summed E-state index contributed by atoms with van der Waals surface area (Å²) in [6.07, 6.45) is 27.0. The van der Waals surface area contributed by atoms with Gasteiger partial charge in [-0.05, 0) is 49.2 Å². The zero-order valence-electron chi connectivity index (χ0n) is 29.4. The Morgan fingerprint density at radius 2 is 0.787 bits per heavy atom. The molecule has 0 aromatic heterocycles. The second-order valence-electron chi connectivity index (χ2n) is 12.8. The number of hydrogen-bond acceptors (Lipinski definition) is 7. The smallest absolute Gasteiger partial charge is 0.338 e. The van der Waals surface area contributed by atoms with Crippen LogP contribution in [-0.4, -0.2) is 35.4 Å². The maximum Gasteiger partial charge on any atom is 0.338 e. The molecular formula is C40H62O6S. The molecule has 0 bridgehead atoms. The fourth-order valence-corrected chi connectivity index (χ4v) is 6.55. The van der Waals surface area contributed by atoms with Gasteiger partial charge in [0.15, 0.2) is 0 Å². The maximum atomic E-state index is 12.7. The normalized spacial score (nSPS) is 11.1. The summed E-state index contributed by atoms with van der Waals surface area (Å²) in [5, 5.41) is 20.9. The van der Waals surface area contributed by atoms with Gasteiger partial charge in [0.2, 0.25) is 0 Å². The van der Waals surface area contributed by atoms with Crippen LogP contribution in [0, 0.1) is 0 Å². The Labute approximate surface area is 289 Å². The molecule has 0 saturated heterocycles. The van der Waals surface area contributed by atoms with Crippen LogP contribution in [0.15, 0.2) is 46.2 Å². The molecule has 0 amide bonds. The number of ether oxygens (including phenoxy) is 2. The third-order valence-electron chi connectivity index (χ3n) is 8.57. The molecule has 47 heavy (non-hydrogen) atoms. The van der Waals surface area contributed by atoms with E-state index in [4.69, 9.17) is 9.47 Å². The predicted molar refractivity (Wildman–Crippen MR) is 194 cm³/mol. The molecule has 0 aliphatic rings. The van der Waals surface area contributed by atoms with Crippen LogP contribution >= 0.6 is 11.8 Å². The zero-order valence-corrected chi connectivity index (χ0v) is 30.2. The van der Waals surface area contributed by atoms with Crippen LogP contribution in [0.3, 0.4) is 0 Å². The standard InChI is InChI=1S/C40H62O6S/c1-3-5-7-9-11-13-15-17-19-21-23-29-45-39(43)33-25-27-35(41)37(31-33)47-38-32-34(26-28-36(38)42)40(44)46-30-24-22-20-18-16-14-12-10-8-6-4-2/h25-28,31-32,41-42H,3-24,29-30H2,1-2H3. The van der Waals surface area contributed by atoms with E-state index in [1.54, 1.807) is 12.1 Å². The summed E-state index contributed by atoms with van der Waals surface area (Å²) in [4.78, 5) is 26.1. The monoisotopic (exact) mass is 670 g/mol. The van der Waals surface area contributed by atoms with E-state index in [0.29, 0.717) is 34.1 Å². The molecule has 0 aliphatic carbocycles. The number of esters is 2. The van der Waals surface area contributed by atoms with Crippen LogP contribution in [0.1, 0.15) is 176 Å². The van der Waals surface area contributed by atoms with Crippen LogP contribution in [0.4, 0.5) is 0 Å². The van der Waals surface area contributed by atoms with Crippen molar-refractivity contribution in [2.24, 2.45) is 0 Å². The van der Waals surface area contributed by atoms with Crippen molar-refractivity contribution in [3.8, 4) is 11.5 Å². The van der Waals surface area contributed by atoms with Gasteiger partial charge in [-0.3, -0.25) is 0 Å². The molecule has 264 valence electrons. The summed E-state index contributed by atoms with van der Waals surface area (Å²) >= 11 is 1.08. The minimum atomic E-state index is -0.442. The summed E-state index contributed by atoms with van der Waals surface area (Å²) in [5.41, 5.74) is 0.658. The fourth-order valence-electron chi connectivity index (χ4n) is 5.59. The van der Waals surface area contributed by atoms with Gasteiger partial charge in [-0.1, -0.05) is 154 Å². The molecule has 2 rings (SSSR count). The quantitative estimate of drug-likeness (QED) is 0.0687. The minimum absolute atomic E-state index is 0.0270. The highest BCUT2D eigenvalue weighted by atomic mass is 32.2. The Hall–Kier alpha value is -2.67. The molecule has 2 aromatic carbocycles. The zero-order chi connectivity index (χ0) is 34.0. The number of benzene rings is 2. The third-order valence-corrected chi connectivity index (χ3v) is 9.67. The molecule has 0 saturated carbocycles. The van der Waals surface area contributed by atoms with Gasteiger partial charge < -0.3 is 19.7 Å². The second kappa shape index (κ2) is 26.3. The van der Waals surface area contributed by atoms with E-state index in [2.05, 4.69) is 13.8 Å². The van der Waals surface area contributed by atoms with E-state index in [1.807, 2.05) is 0 Å². The summed E-state index contributed by atoms with van der Waals surface area (Å²) in [6.45, 7) is 5.22. The van der Waals surface area contributed by atoms with Crippen molar-refractivity contribution in [3.05, 3.63) is 47.5 Å². The van der Waals surface area contributed by atoms with Gasteiger partial charge in [-0.15, -0.1) is 0 Å². The first-order valence-electron chi connectivity index (χ1n) is 18.6. The molecule has 2 aromatic rings. The van der Waals surface area contributed by atoms with Crippen molar-refractivity contribution in [1.29, 1.82) is 0 Å². The van der Waals surface area contributed by atoms with Gasteiger partial charge in [-0.2, -0.15) is 0 Å². The Kier molecular flexibility index (Phi) is 22.7. The van der Waals surface area contributed by atoms with E-state index in [0.717, 1.165) is 50.3 Å². The first-order valence-corrected chi connectivity index (χ1v) is 19.5.